The largest absolute Gasteiger partial charge is 0.489 e. The quantitative estimate of drug-likeness (QED) is 0.113. The number of carbonyl (C=O) groups excluding carboxylic acids is 1. The van der Waals surface area contributed by atoms with E-state index in [4.69, 9.17) is 4.74 Å². The molecule has 1 aromatic carbocycles. The Morgan fingerprint density at radius 1 is 0.933 bits per heavy atom. The van der Waals surface area contributed by atoms with Gasteiger partial charge < -0.3 is 4.74 Å². The predicted molar refractivity (Wildman–Crippen MR) is 128 cm³/mol. The van der Waals surface area contributed by atoms with Crippen LogP contribution in [-0.2, 0) is 4.79 Å². The zero-order valence-corrected chi connectivity index (χ0v) is 19.0. The number of hydrogen-bond acceptors (Lipinski definition) is 3. The van der Waals surface area contributed by atoms with Crippen molar-refractivity contribution in [1.82, 2.24) is 5.43 Å². The highest BCUT2D eigenvalue weighted by Crippen LogP contribution is 2.16. The number of hydrogen-bond donors (Lipinski definition) is 1. The van der Waals surface area contributed by atoms with Gasteiger partial charge >= 0.3 is 0 Å². The second-order valence-corrected chi connectivity index (χ2v) is 7.92. The molecule has 4 heteroatoms. The molecular weight excluding hydrogens is 372 g/mol. The van der Waals surface area contributed by atoms with Crippen LogP contribution in [0.3, 0.4) is 0 Å². The van der Waals surface area contributed by atoms with E-state index in [1.165, 1.54) is 70.6 Å². The van der Waals surface area contributed by atoms with E-state index in [0.29, 0.717) is 13.0 Å². The molecule has 1 N–H and O–H groups in total. The number of nitrogens with one attached hydrogen (secondary N) is 1. The lowest BCUT2D eigenvalue weighted by molar-refractivity contribution is -0.121. The summed E-state index contributed by atoms with van der Waals surface area (Å²) in [7, 11) is 0. The number of rotatable bonds is 19. The molecular formula is C26H42N2O2. The Morgan fingerprint density at radius 3 is 2.10 bits per heavy atom. The molecule has 0 saturated carbocycles. The average Bonchev–Trinajstić information content (AvgIpc) is 2.76. The number of ether oxygens (including phenoxy) is 1. The van der Waals surface area contributed by atoms with Crippen molar-refractivity contribution < 1.29 is 9.53 Å². The van der Waals surface area contributed by atoms with Gasteiger partial charge in [-0.3, -0.25) is 4.79 Å². The second kappa shape index (κ2) is 18.9. The Kier molecular flexibility index (Phi) is 16.3. The van der Waals surface area contributed by atoms with Gasteiger partial charge in [0.15, 0.2) is 0 Å². The van der Waals surface area contributed by atoms with E-state index in [-0.39, 0.29) is 5.91 Å². The van der Waals surface area contributed by atoms with Crippen LogP contribution in [0.1, 0.15) is 102 Å². The summed E-state index contributed by atoms with van der Waals surface area (Å²) in [6.07, 6.45) is 20.8. The number of nitrogens with zero attached hydrogens (tertiary/aromatic N) is 1. The maximum atomic E-state index is 11.9. The second-order valence-electron chi connectivity index (χ2n) is 7.92. The normalized spacial score (nSPS) is 11.0. The van der Waals surface area contributed by atoms with E-state index in [9.17, 15) is 4.79 Å². The van der Waals surface area contributed by atoms with Gasteiger partial charge in [0.1, 0.15) is 12.4 Å². The lowest BCUT2D eigenvalue weighted by atomic mass is 10.0. The van der Waals surface area contributed by atoms with Crippen molar-refractivity contribution in [3.63, 3.8) is 0 Å². The fourth-order valence-corrected chi connectivity index (χ4v) is 3.40. The van der Waals surface area contributed by atoms with E-state index in [1.807, 2.05) is 24.3 Å². The SMILES string of the molecule is C=CCOc1ccccc1/C=N/NC(=O)CCCCCCCCCCCCCCC. The minimum atomic E-state index is -0.0289. The predicted octanol–water partition coefficient (Wildman–Crippen LogP) is 7.18. The van der Waals surface area contributed by atoms with Crippen LogP contribution >= 0.6 is 0 Å². The summed E-state index contributed by atoms with van der Waals surface area (Å²) >= 11 is 0. The van der Waals surface area contributed by atoms with Gasteiger partial charge in [-0.1, -0.05) is 109 Å². The molecule has 0 aliphatic rings. The molecule has 0 saturated heterocycles. The summed E-state index contributed by atoms with van der Waals surface area (Å²) in [6, 6.07) is 7.60. The molecule has 0 atom stereocenters. The minimum absolute atomic E-state index is 0.0289. The lowest BCUT2D eigenvalue weighted by Gasteiger charge is -2.06. The highest BCUT2D eigenvalue weighted by molar-refractivity contribution is 5.85. The number of carbonyl (C=O) groups is 1. The summed E-state index contributed by atoms with van der Waals surface area (Å²) in [5.74, 6) is 0.700. The zero-order chi connectivity index (χ0) is 21.7. The summed E-state index contributed by atoms with van der Waals surface area (Å²) in [5.41, 5.74) is 3.45. The van der Waals surface area contributed by atoms with Crippen molar-refractivity contribution in [3.05, 3.63) is 42.5 Å². The van der Waals surface area contributed by atoms with Crippen molar-refractivity contribution in [2.24, 2.45) is 5.10 Å². The molecule has 0 aliphatic heterocycles. The molecule has 0 unspecified atom stereocenters. The minimum Gasteiger partial charge on any atom is -0.489 e. The monoisotopic (exact) mass is 414 g/mol. The summed E-state index contributed by atoms with van der Waals surface area (Å²) < 4.78 is 5.57. The molecule has 0 aliphatic carbocycles. The molecule has 0 aromatic heterocycles. The van der Waals surface area contributed by atoms with Crippen molar-refractivity contribution >= 4 is 12.1 Å². The molecule has 1 rings (SSSR count). The number of hydrazone groups is 1. The van der Waals surface area contributed by atoms with E-state index in [2.05, 4.69) is 24.0 Å². The Hall–Kier alpha value is -2.10. The first-order chi connectivity index (χ1) is 14.8. The van der Waals surface area contributed by atoms with Crippen LogP contribution < -0.4 is 10.2 Å². The number of amides is 1. The molecule has 0 bridgehead atoms. The summed E-state index contributed by atoms with van der Waals surface area (Å²) in [6.45, 7) is 6.36. The van der Waals surface area contributed by atoms with Crippen LogP contribution in [0.15, 0.2) is 42.0 Å². The molecule has 0 spiro atoms. The van der Waals surface area contributed by atoms with E-state index in [0.717, 1.165) is 24.2 Å². The standard InChI is InChI=1S/C26H42N2O2/c1-3-5-6-7-8-9-10-11-12-13-14-15-16-21-26(29)28-27-23-24-19-17-18-20-25(24)30-22-4-2/h4,17-20,23H,2-3,5-16,21-22H2,1H3,(H,28,29)/b27-23+. The third-order valence-electron chi connectivity index (χ3n) is 5.18. The zero-order valence-electron chi connectivity index (χ0n) is 19.0. The third kappa shape index (κ3) is 14.0. The van der Waals surface area contributed by atoms with Crippen LogP contribution in [0.4, 0.5) is 0 Å². The molecule has 4 nitrogen and oxygen atoms in total. The lowest BCUT2D eigenvalue weighted by Crippen LogP contribution is -2.17. The van der Waals surface area contributed by atoms with Crippen molar-refractivity contribution in [2.45, 2.75) is 96.8 Å². The van der Waals surface area contributed by atoms with E-state index >= 15 is 0 Å². The van der Waals surface area contributed by atoms with E-state index < -0.39 is 0 Å². The van der Waals surface area contributed by atoms with Crippen molar-refractivity contribution in [2.75, 3.05) is 6.61 Å². The molecule has 1 amide bonds. The van der Waals surface area contributed by atoms with Gasteiger partial charge in [-0.25, -0.2) is 5.43 Å². The number of benzene rings is 1. The van der Waals surface area contributed by atoms with Gasteiger partial charge in [0, 0.05) is 12.0 Å². The van der Waals surface area contributed by atoms with Crippen molar-refractivity contribution in [1.29, 1.82) is 0 Å². The highest BCUT2D eigenvalue weighted by atomic mass is 16.5. The summed E-state index contributed by atoms with van der Waals surface area (Å²) in [4.78, 5) is 11.9. The molecule has 168 valence electrons. The van der Waals surface area contributed by atoms with Crippen LogP contribution in [0.25, 0.3) is 0 Å². The van der Waals surface area contributed by atoms with Gasteiger partial charge in [-0.05, 0) is 18.6 Å². The fourth-order valence-electron chi connectivity index (χ4n) is 3.40. The maximum Gasteiger partial charge on any atom is 0.240 e. The first-order valence-corrected chi connectivity index (χ1v) is 11.9. The Balaban J connectivity index is 2.00. The van der Waals surface area contributed by atoms with Gasteiger partial charge in [0.25, 0.3) is 0 Å². The Bertz CT molecular complexity index is 598. The first kappa shape index (κ1) is 25.9. The number of para-hydroxylation sites is 1. The maximum absolute atomic E-state index is 11.9. The van der Waals surface area contributed by atoms with Crippen LogP contribution in [-0.4, -0.2) is 18.7 Å². The smallest absolute Gasteiger partial charge is 0.240 e. The van der Waals surface area contributed by atoms with Gasteiger partial charge in [-0.2, -0.15) is 5.10 Å². The average molecular weight is 415 g/mol. The first-order valence-electron chi connectivity index (χ1n) is 11.9. The highest BCUT2D eigenvalue weighted by Gasteiger charge is 2.02. The van der Waals surface area contributed by atoms with Gasteiger partial charge in [-0.15, -0.1) is 0 Å². The van der Waals surface area contributed by atoms with E-state index in [1.54, 1.807) is 12.3 Å². The number of unbranched alkanes of at least 4 members (excludes halogenated alkanes) is 12. The fraction of sp³-hybridized carbons (Fsp3) is 0.615. The van der Waals surface area contributed by atoms with Crippen molar-refractivity contribution in [3.8, 4) is 5.75 Å². The van der Waals surface area contributed by atoms with Crippen LogP contribution in [0, 0.1) is 0 Å². The van der Waals surface area contributed by atoms with Crippen LogP contribution in [0.5, 0.6) is 5.75 Å². The van der Waals surface area contributed by atoms with Gasteiger partial charge in [0.05, 0.1) is 6.21 Å². The third-order valence-corrected chi connectivity index (χ3v) is 5.18. The molecule has 0 heterocycles. The molecule has 0 radical (unpaired) electrons. The molecule has 30 heavy (non-hydrogen) atoms. The van der Waals surface area contributed by atoms with Crippen LogP contribution in [0.2, 0.25) is 0 Å². The molecule has 0 fully saturated rings. The summed E-state index contributed by atoms with van der Waals surface area (Å²) in [5, 5.41) is 4.06. The Morgan fingerprint density at radius 2 is 1.50 bits per heavy atom. The topological polar surface area (TPSA) is 50.7 Å². The van der Waals surface area contributed by atoms with Gasteiger partial charge in [0.2, 0.25) is 5.91 Å². The molecule has 1 aromatic rings. The Labute approximate surface area is 184 Å².